The number of nitrogens with one attached hydrogen (secondary N) is 1. The lowest BCUT2D eigenvalue weighted by molar-refractivity contribution is -0.143. The van der Waals surface area contributed by atoms with E-state index in [-0.39, 0.29) is 17.9 Å². The minimum atomic E-state index is -0.481. The van der Waals surface area contributed by atoms with Gasteiger partial charge in [0.1, 0.15) is 6.04 Å². The summed E-state index contributed by atoms with van der Waals surface area (Å²) in [6.45, 7) is 2.52. The van der Waals surface area contributed by atoms with Crippen LogP contribution in [0.5, 0.6) is 0 Å². The van der Waals surface area contributed by atoms with Crippen LogP contribution in [0.25, 0.3) is 0 Å². The number of hydrogen-bond donors (Lipinski definition) is 2. The minimum Gasteiger partial charge on any atom is -0.357 e. The molecule has 5 nitrogen and oxygen atoms in total. The number of hydrogen-bond acceptors (Lipinski definition) is 3. The van der Waals surface area contributed by atoms with Gasteiger partial charge in [-0.1, -0.05) is 6.92 Å². The van der Waals surface area contributed by atoms with E-state index < -0.39 is 6.04 Å². The highest BCUT2D eigenvalue weighted by atomic mass is 16.2. The second-order valence-electron chi connectivity index (χ2n) is 4.17. The average Bonchev–Trinajstić information content (AvgIpc) is 2.35. The van der Waals surface area contributed by atoms with Gasteiger partial charge in [-0.3, -0.25) is 9.59 Å². The molecule has 0 aromatic heterocycles. The summed E-state index contributed by atoms with van der Waals surface area (Å²) in [4.78, 5) is 25.3. The normalized spacial score (nSPS) is 22.7. The maximum Gasteiger partial charge on any atom is 0.242 e. The fraction of sp³-hybridized carbons (Fsp3) is 0.818. The highest BCUT2D eigenvalue weighted by Crippen LogP contribution is 2.18. The Labute approximate surface area is 96.4 Å². The first-order valence-corrected chi connectivity index (χ1v) is 5.89. The van der Waals surface area contributed by atoms with Crippen molar-refractivity contribution < 1.29 is 9.59 Å². The van der Waals surface area contributed by atoms with Crippen molar-refractivity contribution in [2.75, 3.05) is 13.6 Å². The van der Waals surface area contributed by atoms with Crippen LogP contribution in [0.3, 0.4) is 0 Å². The van der Waals surface area contributed by atoms with Gasteiger partial charge in [0, 0.05) is 13.6 Å². The van der Waals surface area contributed by atoms with Gasteiger partial charge in [-0.2, -0.15) is 0 Å². The van der Waals surface area contributed by atoms with Crippen LogP contribution in [0.15, 0.2) is 0 Å². The zero-order valence-corrected chi connectivity index (χ0v) is 10.0. The van der Waals surface area contributed by atoms with E-state index in [4.69, 9.17) is 5.73 Å². The first-order chi connectivity index (χ1) is 7.61. The molecule has 1 aliphatic rings. The number of carbonyl (C=O) groups excluding carboxylic acids is 2. The van der Waals surface area contributed by atoms with Crippen molar-refractivity contribution in [3.05, 3.63) is 0 Å². The van der Waals surface area contributed by atoms with E-state index in [0.717, 1.165) is 19.3 Å². The fourth-order valence-corrected chi connectivity index (χ4v) is 2.02. The van der Waals surface area contributed by atoms with Crippen LogP contribution in [0, 0.1) is 0 Å². The number of likely N-dealkylation sites (N-methyl/N-ethyl adjacent to an activating group) is 1. The second kappa shape index (κ2) is 5.84. The first-order valence-electron chi connectivity index (χ1n) is 5.89. The molecule has 1 aliphatic heterocycles. The quantitative estimate of drug-likeness (QED) is 0.704. The van der Waals surface area contributed by atoms with Crippen molar-refractivity contribution in [2.24, 2.45) is 5.73 Å². The summed E-state index contributed by atoms with van der Waals surface area (Å²) < 4.78 is 0. The summed E-state index contributed by atoms with van der Waals surface area (Å²) in [6, 6.07) is -0.811. The van der Waals surface area contributed by atoms with Crippen LogP contribution in [-0.2, 0) is 9.59 Å². The zero-order valence-electron chi connectivity index (χ0n) is 10.0. The summed E-state index contributed by atoms with van der Waals surface area (Å²) in [7, 11) is 1.60. The van der Waals surface area contributed by atoms with E-state index in [9.17, 15) is 9.59 Å². The SMILES string of the molecule is CC[C@@H](N)C(=O)N1CCCCC1C(=O)NC. The average molecular weight is 227 g/mol. The highest BCUT2D eigenvalue weighted by Gasteiger charge is 2.33. The number of carbonyl (C=O) groups is 2. The van der Waals surface area contributed by atoms with Crippen LogP contribution in [0.4, 0.5) is 0 Å². The van der Waals surface area contributed by atoms with E-state index >= 15 is 0 Å². The Morgan fingerprint density at radius 1 is 1.50 bits per heavy atom. The topological polar surface area (TPSA) is 75.4 Å². The third kappa shape index (κ3) is 2.72. The molecular weight excluding hydrogens is 206 g/mol. The van der Waals surface area contributed by atoms with Crippen molar-refractivity contribution >= 4 is 11.8 Å². The summed E-state index contributed by atoms with van der Waals surface area (Å²) in [5.41, 5.74) is 5.73. The van der Waals surface area contributed by atoms with E-state index in [0.29, 0.717) is 13.0 Å². The Hall–Kier alpha value is -1.10. The number of nitrogens with zero attached hydrogens (tertiary/aromatic N) is 1. The van der Waals surface area contributed by atoms with Gasteiger partial charge in [0.2, 0.25) is 11.8 Å². The molecule has 1 unspecified atom stereocenters. The second-order valence-corrected chi connectivity index (χ2v) is 4.17. The van der Waals surface area contributed by atoms with Crippen molar-refractivity contribution in [3.63, 3.8) is 0 Å². The summed E-state index contributed by atoms with van der Waals surface area (Å²) >= 11 is 0. The number of piperidine rings is 1. The van der Waals surface area contributed by atoms with Crippen LogP contribution >= 0.6 is 0 Å². The van der Waals surface area contributed by atoms with Crippen molar-refractivity contribution in [1.29, 1.82) is 0 Å². The molecule has 2 atom stereocenters. The van der Waals surface area contributed by atoms with E-state index in [1.54, 1.807) is 11.9 Å². The van der Waals surface area contributed by atoms with Gasteiger partial charge in [-0.15, -0.1) is 0 Å². The molecule has 0 aliphatic carbocycles. The molecule has 1 rings (SSSR count). The third-order valence-corrected chi connectivity index (χ3v) is 3.09. The van der Waals surface area contributed by atoms with Gasteiger partial charge in [0.15, 0.2) is 0 Å². The molecular formula is C11H21N3O2. The Bertz CT molecular complexity index is 268. The van der Waals surface area contributed by atoms with Crippen molar-refractivity contribution in [3.8, 4) is 0 Å². The molecule has 16 heavy (non-hydrogen) atoms. The maximum atomic E-state index is 12.0. The largest absolute Gasteiger partial charge is 0.357 e. The highest BCUT2D eigenvalue weighted by molar-refractivity contribution is 5.89. The standard InChI is InChI=1S/C11H21N3O2/c1-3-8(12)11(16)14-7-5-4-6-9(14)10(15)13-2/h8-9H,3-7,12H2,1-2H3,(H,13,15)/t8-,9?/m1/s1. The molecule has 0 saturated carbocycles. The zero-order chi connectivity index (χ0) is 12.1. The molecule has 92 valence electrons. The van der Waals surface area contributed by atoms with Crippen LogP contribution in [0.2, 0.25) is 0 Å². The number of likely N-dealkylation sites (tertiary alicyclic amines) is 1. The molecule has 0 aromatic rings. The van der Waals surface area contributed by atoms with Gasteiger partial charge in [-0.25, -0.2) is 0 Å². The van der Waals surface area contributed by atoms with Gasteiger partial charge in [0.05, 0.1) is 6.04 Å². The molecule has 1 heterocycles. The summed E-state index contributed by atoms with van der Waals surface area (Å²) in [5, 5.41) is 2.60. The molecule has 3 N–H and O–H groups in total. The number of rotatable bonds is 3. The Morgan fingerprint density at radius 3 is 2.75 bits per heavy atom. The van der Waals surface area contributed by atoms with Gasteiger partial charge in [-0.05, 0) is 25.7 Å². The van der Waals surface area contributed by atoms with Gasteiger partial charge < -0.3 is 16.0 Å². The predicted molar refractivity (Wildman–Crippen MR) is 61.7 cm³/mol. The molecule has 0 aromatic carbocycles. The van der Waals surface area contributed by atoms with E-state index in [1.165, 1.54) is 0 Å². The third-order valence-electron chi connectivity index (χ3n) is 3.09. The summed E-state index contributed by atoms with van der Waals surface area (Å²) in [6.07, 6.45) is 3.29. The molecule has 1 saturated heterocycles. The first kappa shape index (κ1) is 13.0. The fourth-order valence-electron chi connectivity index (χ4n) is 2.02. The lowest BCUT2D eigenvalue weighted by Crippen LogP contribution is -2.55. The van der Waals surface area contributed by atoms with Gasteiger partial charge in [0.25, 0.3) is 0 Å². The molecule has 0 bridgehead atoms. The van der Waals surface area contributed by atoms with Crippen molar-refractivity contribution in [1.82, 2.24) is 10.2 Å². The molecule has 0 radical (unpaired) electrons. The van der Waals surface area contributed by atoms with E-state index in [2.05, 4.69) is 5.32 Å². The van der Waals surface area contributed by atoms with Crippen LogP contribution in [-0.4, -0.2) is 42.4 Å². The van der Waals surface area contributed by atoms with Crippen LogP contribution < -0.4 is 11.1 Å². The molecule has 2 amide bonds. The Balaban J connectivity index is 2.73. The van der Waals surface area contributed by atoms with Crippen molar-refractivity contribution in [2.45, 2.75) is 44.7 Å². The smallest absolute Gasteiger partial charge is 0.242 e. The summed E-state index contributed by atoms with van der Waals surface area (Å²) in [5.74, 6) is -0.188. The maximum absolute atomic E-state index is 12.0. The minimum absolute atomic E-state index is 0.0867. The Morgan fingerprint density at radius 2 is 2.19 bits per heavy atom. The van der Waals surface area contributed by atoms with Crippen LogP contribution in [0.1, 0.15) is 32.6 Å². The lowest BCUT2D eigenvalue weighted by Gasteiger charge is -2.35. The number of amides is 2. The predicted octanol–water partition coefficient (Wildman–Crippen LogP) is -0.149. The monoisotopic (exact) mass is 227 g/mol. The Kier molecular flexibility index (Phi) is 4.73. The lowest BCUT2D eigenvalue weighted by atomic mass is 10.00. The van der Waals surface area contributed by atoms with Gasteiger partial charge >= 0.3 is 0 Å². The molecule has 5 heteroatoms. The number of nitrogens with two attached hydrogens (primary N) is 1. The molecule has 0 spiro atoms. The van der Waals surface area contributed by atoms with E-state index in [1.807, 2.05) is 6.92 Å². The molecule has 1 fully saturated rings.